The average Bonchev–Trinajstić information content (AvgIpc) is 3.38. The van der Waals surface area contributed by atoms with Crippen LogP contribution in [0.25, 0.3) is 0 Å². The van der Waals surface area contributed by atoms with Crippen LogP contribution in [-0.4, -0.2) is 27.9 Å². The number of hydrogen-bond donors (Lipinski definition) is 1. The Hall–Kier alpha value is -1.91. The Balaban J connectivity index is 1.69. The second kappa shape index (κ2) is 7.11. The quantitative estimate of drug-likeness (QED) is 0.878. The molecule has 1 amide bonds. The number of hydrogen-bond acceptors (Lipinski definition) is 3. The van der Waals surface area contributed by atoms with Crippen LogP contribution in [-0.2, 0) is 11.3 Å². The molecule has 1 saturated carbocycles. The van der Waals surface area contributed by atoms with Crippen molar-refractivity contribution in [2.75, 3.05) is 5.32 Å². The molecule has 2 aromatic rings. The third-order valence-electron chi connectivity index (χ3n) is 4.06. The molecular formula is C18H20ClN3O. The van der Waals surface area contributed by atoms with E-state index in [-0.39, 0.29) is 11.9 Å². The van der Waals surface area contributed by atoms with Gasteiger partial charge in [0.05, 0.1) is 6.04 Å². The van der Waals surface area contributed by atoms with Crippen molar-refractivity contribution in [2.24, 2.45) is 0 Å². The maximum absolute atomic E-state index is 12.5. The van der Waals surface area contributed by atoms with Crippen LogP contribution in [0.2, 0.25) is 5.02 Å². The number of anilines is 1. The molecule has 5 heteroatoms. The minimum Gasteiger partial charge on any atom is -0.309 e. The fraction of sp³-hybridized carbons (Fsp3) is 0.333. The first-order valence-corrected chi connectivity index (χ1v) is 8.23. The van der Waals surface area contributed by atoms with Crippen molar-refractivity contribution in [3.05, 3.63) is 59.2 Å². The molecule has 0 aliphatic heterocycles. The van der Waals surface area contributed by atoms with Crippen molar-refractivity contribution >= 4 is 23.3 Å². The maximum atomic E-state index is 12.5. The third-order valence-corrected chi connectivity index (χ3v) is 4.30. The summed E-state index contributed by atoms with van der Waals surface area (Å²) in [4.78, 5) is 18.9. The van der Waals surface area contributed by atoms with Crippen LogP contribution in [0.3, 0.4) is 0 Å². The van der Waals surface area contributed by atoms with Gasteiger partial charge in [-0.1, -0.05) is 29.8 Å². The lowest BCUT2D eigenvalue weighted by atomic mass is 10.1. The number of pyridine rings is 1. The predicted molar refractivity (Wildman–Crippen MR) is 92.3 cm³/mol. The highest BCUT2D eigenvalue weighted by Gasteiger charge is 2.35. The van der Waals surface area contributed by atoms with E-state index in [1.54, 1.807) is 12.3 Å². The van der Waals surface area contributed by atoms with Crippen molar-refractivity contribution in [1.82, 2.24) is 9.88 Å². The van der Waals surface area contributed by atoms with E-state index in [4.69, 9.17) is 11.6 Å². The van der Waals surface area contributed by atoms with Gasteiger partial charge in [-0.2, -0.15) is 0 Å². The number of carbonyl (C=O) groups is 1. The van der Waals surface area contributed by atoms with E-state index in [0.717, 1.165) is 30.0 Å². The minimum atomic E-state index is -0.219. The summed E-state index contributed by atoms with van der Waals surface area (Å²) in [6, 6.07) is 13.5. The van der Waals surface area contributed by atoms with Crippen molar-refractivity contribution in [3.8, 4) is 0 Å². The number of amides is 1. The number of aromatic nitrogens is 1. The number of carbonyl (C=O) groups excluding carboxylic acids is 1. The topological polar surface area (TPSA) is 45.2 Å². The van der Waals surface area contributed by atoms with Gasteiger partial charge in [0, 0.05) is 23.8 Å². The molecule has 1 aromatic carbocycles. The summed E-state index contributed by atoms with van der Waals surface area (Å²) < 4.78 is 0. The van der Waals surface area contributed by atoms with Gasteiger partial charge in [-0.3, -0.25) is 9.69 Å². The van der Waals surface area contributed by atoms with Crippen LogP contribution < -0.4 is 5.32 Å². The van der Waals surface area contributed by atoms with E-state index >= 15 is 0 Å². The number of halogens is 1. The highest BCUT2D eigenvalue weighted by molar-refractivity contribution is 6.30. The molecule has 0 radical (unpaired) electrons. The number of benzene rings is 1. The monoisotopic (exact) mass is 329 g/mol. The minimum absolute atomic E-state index is 0.0300. The lowest BCUT2D eigenvalue weighted by molar-refractivity contribution is -0.121. The standard InChI is InChI=1S/C18H20ClN3O/c1-13(18(23)21-17-7-2-3-10-20-17)22(16-8-9-16)12-14-5-4-6-15(19)11-14/h2-7,10-11,13,16H,8-9,12H2,1H3,(H,20,21,23)/t13-/m0/s1. The van der Waals surface area contributed by atoms with Crippen molar-refractivity contribution in [1.29, 1.82) is 0 Å². The Morgan fingerprint density at radius 2 is 2.17 bits per heavy atom. The lowest BCUT2D eigenvalue weighted by Crippen LogP contribution is -2.43. The molecule has 1 atom stereocenters. The molecule has 1 N–H and O–H groups in total. The number of nitrogens with zero attached hydrogens (tertiary/aromatic N) is 2. The molecule has 0 unspecified atom stereocenters. The van der Waals surface area contributed by atoms with Crippen LogP contribution in [0.5, 0.6) is 0 Å². The summed E-state index contributed by atoms with van der Waals surface area (Å²) in [6.07, 6.45) is 3.95. The van der Waals surface area contributed by atoms with Gasteiger partial charge in [-0.25, -0.2) is 4.98 Å². The van der Waals surface area contributed by atoms with Gasteiger partial charge in [0.25, 0.3) is 0 Å². The highest BCUT2D eigenvalue weighted by atomic mass is 35.5. The van der Waals surface area contributed by atoms with Crippen LogP contribution >= 0.6 is 11.6 Å². The second-order valence-electron chi connectivity index (χ2n) is 5.91. The van der Waals surface area contributed by atoms with Gasteiger partial charge in [-0.05, 0) is 49.6 Å². The van der Waals surface area contributed by atoms with Crippen LogP contribution in [0, 0.1) is 0 Å². The van der Waals surface area contributed by atoms with Crippen LogP contribution in [0.4, 0.5) is 5.82 Å². The Bertz CT molecular complexity index is 673. The summed E-state index contributed by atoms with van der Waals surface area (Å²) in [5.41, 5.74) is 1.13. The smallest absolute Gasteiger partial charge is 0.242 e. The zero-order chi connectivity index (χ0) is 16.2. The second-order valence-corrected chi connectivity index (χ2v) is 6.35. The molecule has 1 fully saturated rings. The predicted octanol–water partition coefficient (Wildman–Crippen LogP) is 3.73. The summed E-state index contributed by atoms with van der Waals surface area (Å²) >= 11 is 6.07. The zero-order valence-electron chi connectivity index (χ0n) is 13.1. The fourth-order valence-electron chi connectivity index (χ4n) is 2.65. The Morgan fingerprint density at radius 1 is 1.35 bits per heavy atom. The Kier molecular flexibility index (Phi) is 4.94. The Morgan fingerprint density at radius 3 is 2.83 bits per heavy atom. The molecule has 0 spiro atoms. The largest absolute Gasteiger partial charge is 0.309 e. The van der Waals surface area contributed by atoms with Gasteiger partial charge >= 0.3 is 0 Å². The average molecular weight is 330 g/mol. The van der Waals surface area contributed by atoms with E-state index in [2.05, 4.69) is 15.2 Å². The summed E-state index contributed by atoms with van der Waals surface area (Å²) in [6.45, 7) is 2.67. The molecule has 1 aliphatic carbocycles. The third kappa shape index (κ3) is 4.30. The van der Waals surface area contributed by atoms with Gasteiger partial charge in [0.15, 0.2) is 0 Å². The maximum Gasteiger partial charge on any atom is 0.242 e. The summed E-state index contributed by atoms with van der Waals surface area (Å²) in [7, 11) is 0. The molecule has 1 heterocycles. The molecule has 23 heavy (non-hydrogen) atoms. The molecule has 4 nitrogen and oxygen atoms in total. The van der Waals surface area contributed by atoms with Crippen molar-refractivity contribution in [2.45, 2.75) is 38.4 Å². The first kappa shape index (κ1) is 16.0. The molecule has 1 aromatic heterocycles. The van der Waals surface area contributed by atoms with E-state index in [1.165, 1.54) is 0 Å². The van der Waals surface area contributed by atoms with Gasteiger partial charge in [0.2, 0.25) is 5.91 Å². The number of rotatable bonds is 6. The lowest BCUT2D eigenvalue weighted by Gasteiger charge is -2.28. The Labute approximate surface area is 141 Å². The molecule has 3 rings (SSSR count). The molecular weight excluding hydrogens is 310 g/mol. The van der Waals surface area contributed by atoms with E-state index in [9.17, 15) is 4.79 Å². The summed E-state index contributed by atoms with van der Waals surface area (Å²) in [5.74, 6) is 0.556. The molecule has 0 saturated heterocycles. The van der Waals surface area contributed by atoms with Gasteiger partial charge in [0.1, 0.15) is 5.82 Å². The van der Waals surface area contributed by atoms with Crippen LogP contribution in [0.1, 0.15) is 25.3 Å². The molecule has 1 aliphatic rings. The van der Waals surface area contributed by atoms with Gasteiger partial charge < -0.3 is 5.32 Å². The first-order valence-electron chi connectivity index (χ1n) is 7.85. The van der Waals surface area contributed by atoms with Gasteiger partial charge in [-0.15, -0.1) is 0 Å². The molecule has 0 bridgehead atoms. The highest BCUT2D eigenvalue weighted by Crippen LogP contribution is 2.30. The van der Waals surface area contributed by atoms with E-state index in [0.29, 0.717) is 11.9 Å². The van der Waals surface area contributed by atoms with Crippen molar-refractivity contribution < 1.29 is 4.79 Å². The summed E-state index contributed by atoms with van der Waals surface area (Å²) in [5, 5.41) is 3.61. The number of nitrogens with one attached hydrogen (secondary N) is 1. The fourth-order valence-corrected chi connectivity index (χ4v) is 2.87. The van der Waals surface area contributed by atoms with E-state index in [1.807, 2.05) is 43.3 Å². The first-order chi connectivity index (χ1) is 11.1. The van der Waals surface area contributed by atoms with E-state index < -0.39 is 0 Å². The van der Waals surface area contributed by atoms with Crippen molar-refractivity contribution in [3.63, 3.8) is 0 Å². The molecule has 120 valence electrons. The van der Waals surface area contributed by atoms with Crippen LogP contribution in [0.15, 0.2) is 48.7 Å². The normalized spacial score (nSPS) is 15.4. The zero-order valence-corrected chi connectivity index (χ0v) is 13.8. The SMILES string of the molecule is C[C@@H](C(=O)Nc1ccccn1)N(Cc1cccc(Cl)c1)C1CC1.